The summed E-state index contributed by atoms with van der Waals surface area (Å²) >= 11 is 0. The number of sulfonamides is 1. The first-order valence-corrected chi connectivity index (χ1v) is 9.30. The number of nitrogens with zero attached hydrogens (tertiary/aromatic N) is 1. The highest BCUT2D eigenvalue weighted by atomic mass is 32.2. The van der Waals surface area contributed by atoms with E-state index in [-0.39, 0.29) is 11.9 Å². The van der Waals surface area contributed by atoms with Gasteiger partial charge in [0, 0.05) is 18.5 Å². The van der Waals surface area contributed by atoms with Crippen LogP contribution in [0.4, 0.5) is 0 Å². The Morgan fingerprint density at radius 2 is 2.09 bits per heavy atom. The normalized spacial score (nSPS) is 25.3. The molecular formula is C15H20N2O4S. The Balaban J connectivity index is 1.75. The third-order valence-electron chi connectivity index (χ3n) is 4.21. The molecule has 22 heavy (non-hydrogen) atoms. The molecule has 0 bridgehead atoms. The number of benzene rings is 1. The molecule has 120 valence electrons. The summed E-state index contributed by atoms with van der Waals surface area (Å²) in [5.74, 6) is 0.565. The molecule has 1 aromatic rings. The van der Waals surface area contributed by atoms with E-state index >= 15 is 0 Å². The van der Waals surface area contributed by atoms with Gasteiger partial charge in [-0.05, 0) is 18.9 Å². The molecule has 0 spiro atoms. The van der Waals surface area contributed by atoms with Gasteiger partial charge in [-0.1, -0.05) is 18.2 Å². The maximum Gasteiger partial charge on any atom is 0.238 e. The molecular weight excluding hydrogens is 304 g/mol. The van der Waals surface area contributed by atoms with Gasteiger partial charge in [0.15, 0.2) is 0 Å². The van der Waals surface area contributed by atoms with Crippen molar-refractivity contribution >= 4 is 15.9 Å². The second-order valence-corrected chi connectivity index (χ2v) is 7.70. The van der Waals surface area contributed by atoms with E-state index in [1.165, 1.54) is 4.31 Å². The van der Waals surface area contributed by atoms with Gasteiger partial charge < -0.3 is 10.1 Å². The fourth-order valence-electron chi connectivity index (χ4n) is 3.16. The quantitative estimate of drug-likeness (QED) is 0.902. The Labute approximate surface area is 130 Å². The molecule has 1 aromatic carbocycles. The van der Waals surface area contributed by atoms with Crippen molar-refractivity contribution in [1.29, 1.82) is 0 Å². The average molecular weight is 324 g/mol. The Bertz CT molecular complexity index is 674. The van der Waals surface area contributed by atoms with Crippen LogP contribution in [0.25, 0.3) is 0 Å². The maximum atomic E-state index is 12.5. The van der Waals surface area contributed by atoms with Crippen LogP contribution in [0.3, 0.4) is 0 Å². The monoisotopic (exact) mass is 324 g/mol. The van der Waals surface area contributed by atoms with Crippen LogP contribution in [-0.4, -0.2) is 44.1 Å². The Hall–Kier alpha value is -1.60. The van der Waals surface area contributed by atoms with Crippen LogP contribution in [0.5, 0.6) is 5.75 Å². The summed E-state index contributed by atoms with van der Waals surface area (Å²) < 4.78 is 30.4. The number of carbonyl (C=O) groups is 1. The zero-order valence-corrected chi connectivity index (χ0v) is 13.3. The van der Waals surface area contributed by atoms with E-state index in [0.29, 0.717) is 26.0 Å². The lowest BCUT2D eigenvalue weighted by Crippen LogP contribution is -2.47. The molecule has 6 nitrogen and oxygen atoms in total. The van der Waals surface area contributed by atoms with Crippen molar-refractivity contribution in [2.24, 2.45) is 0 Å². The molecule has 7 heteroatoms. The average Bonchev–Trinajstić information content (AvgIpc) is 2.97. The van der Waals surface area contributed by atoms with E-state index < -0.39 is 16.1 Å². The molecule has 1 fully saturated rings. The van der Waals surface area contributed by atoms with Crippen molar-refractivity contribution in [2.75, 3.05) is 19.4 Å². The van der Waals surface area contributed by atoms with Crippen LogP contribution in [-0.2, 0) is 14.8 Å². The number of nitrogens with one attached hydrogen (secondary N) is 1. The van der Waals surface area contributed by atoms with E-state index in [4.69, 9.17) is 4.74 Å². The van der Waals surface area contributed by atoms with Gasteiger partial charge in [0.05, 0.1) is 18.9 Å². The van der Waals surface area contributed by atoms with Crippen LogP contribution in [0.15, 0.2) is 24.3 Å². The number of carbonyl (C=O) groups excluding carboxylic acids is 1. The topological polar surface area (TPSA) is 75.7 Å². The minimum atomic E-state index is -3.35. The Kier molecular flexibility index (Phi) is 4.10. The van der Waals surface area contributed by atoms with Crippen LogP contribution < -0.4 is 10.1 Å². The second-order valence-electron chi connectivity index (χ2n) is 5.77. The van der Waals surface area contributed by atoms with Crippen molar-refractivity contribution in [3.63, 3.8) is 0 Å². The summed E-state index contributed by atoms with van der Waals surface area (Å²) in [5, 5.41) is 2.99. The molecule has 0 saturated carbocycles. The molecule has 3 rings (SSSR count). The highest BCUT2D eigenvalue weighted by Crippen LogP contribution is 2.32. The first kappa shape index (κ1) is 15.3. The van der Waals surface area contributed by atoms with E-state index in [9.17, 15) is 13.2 Å². The number of rotatable bonds is 3. The summed E-state index contributed by atoms with van der Waals surface area (Å²) in [5.41, 5.74) is 0.950. The van der Waals surface area contributed by atoms with Gasteiger partial charge >= 0.3 is 0 Å². The summed E-state index contributed by atoms with van der Waals surface area (Å²) in [4.78, 5) is 12.5. The van der Waals surface area contributed by atoms with E-state index in [2.05, 4.69) is 5.32 Å². The predicted octanol–water partition coefficient (Wildman–Crippen LogP) is 1.05. The predicted molar refractivity (Wildman–Crippen MR) is 82.0 cm³/mol. The summed E-state index contributed by atoms with van der Waals surface area (Å²) in [6.45, 7) is 0.962. The van der Waals surface area contributed by atoms with Crippen LogP contribution in [0.2, 0.25) is 0 Å². The smallest absolute Gasteiger partial charge is 0.238 e. The molecule has 2 heterocycles. The summed E-state index contributed by atoms with van der Waals surface area (Å²) in [6, 6.07) is 6.90. The molecule has 2 atom stereocenters. The van der Waals surface area contributed by atoms with Gasteiger partial charge in [-0.15, -0.1) is 0 Å². The third kappa shape index (κ3) is 2.96. The van der Waals surface area contributed by atoms with Crippen molar-refractivity contribution in [2.45, 2.75) is 31.3 Å². The van der Waals surface area contributed by atoms with Gasteiger partial charge in [-0.2, -0.15) is 4.31 Å². The molecule has 0 unspecified atom stereocenters. The van der Waals surface area contributed by atoms with Crippen molar-refractivity contribution < 1.29 is 17.9 Å². The molecule has 1 amide bonds. The third-order valence-corrected chi connectivity index (χ3v) is 5.50. The molecule has 1 N–H and O–H groups in total. The fraction of sp³-hybridized carbons (Fsp3) is 0.533. The Morgan fingerprint density at radius 3 is 2.86 bits per heavy atom. The van der Waals surface area contributed by atoms with Gasteiger partial charge in [0.1, 0.15) is 11.8 Å². The number of fused-ring (bicyclic) bond motifs is 1. The molecule has 0 aromatic heterocycles. The van der Waals surface area contributed by atoms with Gasteiger partial charge in [0.2, 0.25) is 15.9 Å². The fourth-order valence-corrected chi connectivity index (χ4v) is 4.28. The zero-order valence-electron chi connectivity index (χ0n) is 12.5. The van der Waals surface area contributed by atoms with Crippen LogP contribution in [0, 0.1) is 0 Å². The van der Waals surface area contributed by atoms with E-state index in [1.54, 1.807) is 0 Å². The number of ether oxygens (including phenoxy) is 1. The van der Waals surface area contributed by atoms with Crippen molar-refractivity contribution in [1.82, 2.24) is 9.62 Å². The maximum absolute atomic E-state index is 12.5. The molecule has 2 aliphatic rings. The number of para-hydroxylation sites is 1. The highest BCUT2D eigenvalue weighted by molar-refractivity contribution is 7.88. The first-order valence-electron chi connectivity index (χ1n) is 7.46. The van der Waals surface area contributed by atoms with E-state index in [0.717, 1.165) is 24.0 Å². The lowest BCUT2D eigenvalue weighted by Gasteiger charge is -2.29. The lowest BCUT2D eigenvalue weighted by molar-refractivity contribution is -0.125. The van der Waals surface area contributed by atoms with Crippen LogP contribution >= 0.6 is 0 Å². The van der Waals surface area contributed by atoms with E-state index in [1.807, 2.05) is 24.3 Å². The number of hydrogen-bond donors (Lipinski definition) is 1. The number of amides is 1. The highest BCUT2D eigenvalue weighted by Gasteiger charge is 2.37. The first-order chi connectivity index (χ1) is 10.5. The summed E-state index contributed by atoms with van der Waals surface area (Å²) in [7, 11) is -3.35. The summed E-state index contributed by atoms with van der Waals surface area (Å²) in [6.07, 6.45) is 3.13. The minimum absolute atomic E-state index is 0.125. The van der Waals surface area contributed by atoms with Gasteiger partial charge in [0.25, 0.3) is 0 Å². The standard InChI is InChI=1S/C15H20N2O4S/c1-22(19,20)17-9-4-6-13(17)15(18)16-12-8-10-21-14-7-3-2-5-11(12)14/h2-3,5,7,12-13H,4,6,8-10H2,1H3,(H,16,18)/t12-,13-/m0/s1. The second kappa shape index (κ2) is 5.89. The van der Waals surface area contributed by atoms with Crippen molar-refractivity contribution in [3.8, 4) is 5.75 Å². The van der Waals surface area contributed by atoms with Crippen molar-refractivity contribution in [3.05, 3.63) is 29.8 Å². The number of hydrogen-bond acceptors (Lipinski definition) is 4. The van der Waals surface area contributed by atoms with Gasteiger partial charge in [-0.3, -0.25) is 4.79 Å². The van der Waals surface area contributed by atoms with Gasteiger partial charge in [-0.25, -0.2) is 8.42 Å². The molecule has 0 aliphatic carbocycles. The lowest BCUT2D eigenvalue weighted by atomic mass is 10.00. The van der Waals surface area contributed by atoms with Crippen LogP contribution in [0.1, 0.15) is 30.9 Å². The minimum Gasteiger partial charge on any atom is -0.493 e. The molecule has 0 radical (unpaired) electrons. The largest absolute Gasteiger partial charge is 0.493 e. The Morgan fingerprint density at radius 1 is 1.32 bits per heavy atom. The molecule has 2 aliphatic heterocycles. The SMILES string of the molecule is CS(=O)(=O)N1CCC[C@H]1C(=O)N[C@H]1CCOc2ccccc21. The molecule has 1 saturated heterocycles. The zero-order chi connectivity index (χ0) is 15.7.